The van der Waals surface area contributed by atoms with E-state index in [1.807, 2.05) is 13.8 Å². The third kappa shape index (κ3) is 2.30. The van der Waals surface area contributed by atoms with Crippen molar-refractivity contribution in [3.63, 3.8) is 0 Å². The molecule has 0 bridgehead atoms. The van der Waals surface area contributed by atoms with E-state index in [9.17, 15) is 8.42 Å². The highest BCUT2D eigenvalue weighted by atomic mass is 32.2. The second-order valence-corrected chi connectivity index (χ2v) is 5.21. The maximum Gasteiger partial charge on any atom is 0.294 e. The Bertz CT molecular complexity index is 478. The van der Waals surface area contributed by atoms with E-state index in [1.165, 1.54) is 6.07 Å². The van der Waals surface area contributed by atoms with Gasteiger partial charge >= 0.3 is 0 Å². The zero-order valence-corrected chi connectivity index (χ0v) is 9.80. The molecule has 0 radical (unpaired) electrons. The Morgan fingerprint density at radius 1 is 1.33 bits per heavy atom. The predicted molar refractivity (Wildman–Crippen MR) is 59.5 cm³/mol. The first-order valence-corrected chi connectivity index (χ1v) is 6.05. The van der Waals surface area contributed by atoms with Gasteiger partial charge in [-0.25, -0.2) is 0 Å². The van der Waals surface area contributed by atoms with E-state index in [-0.39, 0.29) is 10.8 Å². The van der Waals surface area contributed by atoms with Crippen LogP contribution in [-0.2, 0) is 10.1 Å². The molecule has 0 amide bonds. The maximum atomic E-state index is 11.0. The van der Waals surface area contributed by atoms with E-state index < -0.39 is 10.1 Å². The van der Waals surface area contributed by atoms with E-state index in [2.05, 4.69) is 0 Å². The lowest BCUT2D eigenvalue weighted by Crippen LogP contribution is -2.06. The van der Waals surface area contributed by atoms with Gasteiger partial charge in [-0.2, -0.15) is 8.42 Å². The Hall–Kier alpha value is -1.07. The molecule has 0 aliphatic rings. The van der Waals surface area contributed by atoms with Gasteiger partial charge in [0.05, 0.1) is 4.90 Å². The van der Waals surface area contributed by atoms with Gasteiger partial charge in [0, 0.05) is 5.69 Å². The van der Waals surface area contributed by atoms with Crippen LogP contribution in [0.2, 0.25) is 0 Å². The summed E-state index contributed by atoms with van der Waals surface area (Å²) >= 11 is 0. The maximum absolute atomic E-state index is 11.0. The van der Waals surface area contributed by atoms with Gasteiger partial charge in [-0.3, -0.25) is 4.55 Å². The summed E-state index contributed by atoms with van der Waals surface area (Å²) < 4.78 is 30.9. The summed E-state index contributed by atoms with van der Waals surface area (Å²) in [7, 11) is -4.18. The molecule has 15 heavy (non-hydrogen) atoms. The Balaban J connectivity index is 3.48. The van der Waals surface area contributed by atoms with Crippen LogP contribution >= 0.6 is 0 Å². The minimum atomic E-state index is -4.18. The third-order valence-corrected chi connectivity index (χ3v) is 3.40. The van der Waals surface area contributed by atoms with Gasteiger partial charge in [0.15, 0.2) is 0 Å². The molecule has 0 aliphatic heterocycles. The van der Waals surface area contributed by atoms with Gasteiger partial charge in [0.25, 0.3) is 10.1 Å². The zero-order chi connectivity index (χ0) is 11.8. The van der Waals surface area contributed by atoms with E-state index in [1.54, 1.807) is 13.0 Å². The summed E-state index contributed by atoms with van der Waals surface area (Å²) in [5.41, 5.74) is 7.53. The minimum absolute atomic E-state index is 0.121. The Morgan fingerprint density at radius 3 is 2.27 bits per heavy atom. The summed E-state index contributed by atoms with van der Waals surface area (Å²) in [6.07, 6.45) is 0. The fourth-order valence-electron chi connectivity index (χ4n) is 1.51. The number of hydrogen-bond donors (Lipinski definition) is 2. The molecule has 0 fully saturated rings. The normalized spacial score (nSPS) is 12.1. The number of hydrogen-bond acceptors (Lipinski definition) is 3. The smallest absolute Gasteiger partial charge is 0.294 e. The average molecular weight is 229 g/mol. The van der Waals surface area contributed by atoms with Crippen LogP contribution < -0.4 is 5.73 Å². The molecule has 1 rings (SSSR count). The van der Waals surface area contributed by atoms with Gasteiger partial charge < -0.3 is 5.73 Å². The van der Waals surface area contributed by atoms with Crippen molar-refractivity contribution in [1.82, 2.24) is 0 Å². The highest BCUT2D eigenvalue weighted by molar-refractivity contribution is 7.85. The van der Waals surface area contributed by atoms with Gasteiger partial charge in [0.2, 0.25) is 0 Å². The number of anilines is 1. The molecule has 0 saturated carbocycles. The van der Waals surface area contributed by atoms with Crippen LogP contribution in [0.5, 0.6) is 0 Å². The van der Waals surface area contributed by atoms with Gasteiger partial charge in [-0.1, -0.05) is 19.9 Å². The van der Waals surface area contributed by atoms with Gasteiger partial charge in [0.1, 0.15) is 0 Å². The molecule has 0 saturated heterocycles. The summed E-state index contributed by atoms with van der Waals surface area (Å²) in [5.74, 6) is 0.221. The molecule has 0 atom stereocenters. The number of benzene rings is 1. The molecule has 1 aromatic carbocycles. The fourth-order valence-corrected chi connectivity index (χ4v) is 2.25. The minimum Gasteiger partial charge on any atom is -0.398 e. The lowest BCUT2D eigenvalue weighted by molar-refractivity contribution is 0.482. The number of nitrogen functional groups attached to an aromatic ring is 1. The van der Waals surface area contributed by atoms with Crippen LogP contribution in [0, 0.1) is 6.92 Å². The van der Waals surface area contributed by atoms with E-state index in [0.29, 0.717) is 11.3 Å². The van der Waals surface area contributed by atoms with Crippen molar-refractivity contribution in [2.45, 2.75) is 31.6 Å². The molecule has 0 unspecified atom stereocenters. The van der Waals surface area contributed by atoms with Crippen LogP contribution in [0.1, 0.15) is 30.9 Å². The molecule has 0 aliphatic carbocycles. The fraction of sp³-hybridized carbons (Fsp3) is 0.400. The van der Waals surface area contributed by atoms with Crippen molar-refractivity contribution in [3.8, 4) is 0 Å². The first-order valence-electron chi connectivity index (χ1n) is 4.61. The van der Waals surface area contributed by atoms with E-state index in [0.717, 1.165) is 5.56 Å². The quantitative estimate of drug-likeness (QED) is 0.600. The molecule has 84 valence electrons. The molecule has 1 aromatic rings. The van der Waals surface area contributed by atoms with Crippen molar-refractivity contribution in [2.75, 3.05) is 5.73 Å². The van der Waals surface area contributed by atoms with Crippen LogP contribution in [0.4, 0.5) is 5.69 Å². The van der Waals surface area contributed by atoms with Crippen molar-refractivity contribution >= 4 is 15.8 Å². The van der Waals surface area contributed by atoms with Gasteiger partial charge in [-0.15, -0.1) is 0 Å². The van der Waals surface area contributed by atoms with Crippen LogP contribution in [0.15, 0.2) is 17.0 Å². The molecule has 0 aromatic heterocycles. The zero-order valence-electron chi connectivity index (χ0n) is 8.98. The molecule has 3 N–H and O–H groups in total. The molecule has 5 heteroatoms. The molecule has 0 heterocycles. The second-order valence-electron chi connectivity index (χ2n) is 3.82. The third-order valence-electron chi connectivity index (χ3n) is 2.40. The topological polar surface area (TPSA) is 80.4 Å². The molecule has 4 nitrogen and oxygen atoms in total. The summed E-state index contributed by atoms with van der Waals surface area (Å²) in [4.78, 5) is -0.121. The Morgan fingerprint density at radius 2 is 1.87 bits per heavy atom. The van der Waals surface area contributed by atoms with E-state index in [4.69, 9.17) is 10.3 Å². The van der Waals surface area contributed by atoms with E-state index >= 15 is 0 Å². The molecule has 0 spiro atoms. The first-order chi connectivity index (χ1) is 6.75. The van der Waals surface area contributed by atoms with Crippen molar-refractivity contribution in [1.29, 1.82) is 0 Å². The monoisotopic (exact) mass is 229 g/mol. The Kier molecular flexibility index (Phi) is 3.06. The lowest BCUT2D eigenvalue weighted by atomic mass is 9.99. The number of nitrogens with two attached hydrogens (primary N) is 1. The van der Waals surface area contributed by atoms with Gasteiger partial charge in [-0.05, 0) is 30.0 Å². The van der Waals surface area contributed by atoms with Crippen LogP contribution in [0.3, 0.4) is 0 Å². The average Bonchev–Trinajstić information content (AvgIpc) is 2.06. The van der Waals surface area contributed by atoms with Crippen molar-refractivity contribution in [3.05, 3.63) is 23.3 Å². The largest absolute Gasteiger partial charge is 0.398 e. The summed E-state index contributed by atoms with van der Waals surface area (Å²) in [5, 5.41) is 0. The van der Waals surface area contributed by atoms with Crippen LogP contribution in [-0.4, -0.2) is 13.0 Å². The highest BCUT2D eigenvalue weighted by Crippen LogP contribution is 2.29. The van der Waals surface area contributed by atoms with Crippen molar-refractivity contribution in [2.24, 2.45) is 0 Å². The first kappa shape index (κ1) is 12.0. The molecular weight excluding hydrogens is 214 g/mol. The summed E-state index contributed by atoms with van der Waals surface area (Å²) in [6.45, 7) is 5.53. The predicted octanol–water partition coefficient (Wildman–Crippen LogP) is 1.95. The van der Waals surface area contributed by atoms with Crippen molar-refractivity contribution < 1.29 is 13.0 Å². The van der Waals surface area contributed by atoms with Crippen LogP contribution in [0.25, 0.3) is 0 Å². The number of rotatable bonds is 2. The molecular formula is C10H15NO3S. The highest BCUT2D eigenvalue weighted by Gasteiger charge is 2.17. The standard InChI is InChI=1S/C10H15NO3S/c1-6(2)8-4-5-9(15(12,13)14)7(3)10(8)11/h4-6H,11H2,1-3H3,(H,12,13,14). The summed E-state index contributed by atoms with van der Waals surface area (Å²) in [6, 6.07) is 3.02. The Labute approximate surface area is 89.9 Å². The SMILES string of the molecule is Cc1c(S(=O)(=O)O)ccc(C(C)C)c1N. The lowest BCUT2D eigenvalue weighted by Gasteiger charge is -2.13. The second kappa shape index (κ2) is 3.83.